The Kier molecular flexibility index (Phi) is 10.8. The number of benzene rings is 3. The first kappa shape index (κ1) is 33.6. The second kappa shape index (κ2) is 14.8. The van der Waals surface area contributed by atoms with Crippen LogP contribution in [0.3, 0.4) is 0 Å². The summed E-state index contributed by atoms with van der Waals surface area (Å²) in [6.07, 6.45) is -0.0948. The van der Waals surface area contributed by atoms with Crippen molar-refractivity contribution in [1.82, 2.24) is 21.1 Å². The van der Waals surface area contributed by atoms with Crippen molar-refractivity contribution >= 4 is 11.8 Å². The number of carbonyl (C=O) groups is 2. The van der Waals surface area contributed by atoms with E-state index in [9.17, 15) is 24.9 Å². The highest BCUT2D eigenvalue weighted by atomic mass is 16.3. The molecule has 6 atom stereocenters. The number of hydrogen-bond donors (Lipinski definition) is 6. The second-order valence-corrected chi connectivity index (χ2v) is 13.8. The van der Waals surface area contributed by atoms with Crippen molar-refractivity contribution in [2.75, 3.05) is 26.2 Å². The number of rotatable bonds is 11. The number of aliphatic hydroxyl groups excluding tert-OH is 2. The SMILES string of the molecule is CC(C)(C)C(=O)NN1CCNC[C@@H]1C(C(O)CC(CNC(=O)c1ccccc1O)Cc1ccccc1)[C@H]1c2ccccc2C[C@@H]1O. The summed E-state index contributed by atoms with van der Waals surface area (Å²) in [4.78, 5) is 26.3. The third-order valence-electron chi connectivity index (χ3n) is 9.41. The van der Waals surface area contributed by atoms with Gasteiger partial charge in [0.2, 0.25) is 5.91 Å². The van der Waals surface area contributed by atoms with Gasteiger partial charge in [-0.2, -0.15) is 0 Å². The molecule has 3 aromatic carbocycles. The fourth-order valence-corrected chi connectivity index (χ4v) is 6.99. The molecule has 246 valence electrons. The lowest BCUT2D eigenvalue weighted by Gasteiger charge is -2.46. The molecule has 9 nitrogen and oxygen atoms in total. The van der Waals surface area contributed by atoms with Crippen molar-refractivity contribution in [1.29, 1.82) is 0 Å². The maximum Gasteiger partial charge on any atom is 0.255 e. The predicted octanol–water partition coefficient (Wildman–Crippen LogP) is 3.40. The average Bonchev–Trinajstić information content (AvgIpc) is 3.36. The highest BCUT2D eigenvalue weighted by Gasteiger charge is 2.47. The van der Waals surface area contributed by atoms with E-state index >= 15 is 0 Å². The van der Waals surface area contributed by atoms with E-state index in [0.29, 0.717) is 38.9 Å². The van der Waals surface area contributed by atoms with E-state index in [1.807, 2.05) is 80.4 Å². The van der Waals surface area contributed by atoms with Crippen LogP contribution in [0.1, 0.15) is 60.2 Å². The molecule has 5 rings (SSSR count). The Morgan fingerprint density at radius 1 is 1.00 bits per heavy atom. The van der Waals surface area contributed by atoms with E-state index in [-0.39, 0.29) is 47.5 Å². The van der Waals surface area contributed by atoms with Gasteiger partial charge in [-0.1, -0.05) is 87.5 Å². The van der Waals surface area contributed by atoms with E-state index in [1.54, 1.807) is 18.2 Å². The fraction of sp³-hybridized carbons (Fsp3) is 0.459. The molecule has 3 aromatic rings. The Bertz CT molecular complexity index is 1480. The van der Waals surface area contributed by atoms with Crippen LogP contribution in [0.15, 0.2) is 78.9 Å². The Hall–Kier alpha value is -3.76. The van der Waals surface area contributed by atoms with Gasteiger partial charge in [0.05, 0.1) is 17.8 Å². The Morgan fingerprint density at radius 2 is 1.70 bits per heavy atom. The molecule has 6 N–H and O–H groups in total. The number of para-hydroxylation sites is 1. The fourth-order valence-electron chi connectivity index (χ4n) is 6.99. The van der Waals surface area contributed by atoms with E-state index in [1.165, 1.54) is 6.07 Å². The van der Waals surface area contributed by atoms with Crippen molar-refractivity contribution < 1.29 is 24.9 Å². The molecule has 46 heavy (non-hydrogen) atoms. The molecule has 9 heteroatoms. The first-order valence-corrected chi connectivity index (χ1v) is 16.4. The number of amides is 2. The lowest BCUT2D eigenvalue weighted by atomic mass is 9.74. The van der Waals surface area contributed by atoms with E-state index in [0.717, 1.165) is 16.7 Å². The molecule has 3 unspecified atom stereocenters. The minimum atomic E-state index is -0.875. The van der Waals surface area contributed by atoms with Gasteiger partial charge in [0.15, 0.2) is 0 Å². The van der Waals surface area contributed by atoms with Crippen LogP contribution >= 0.6 is 0 Å². The van der Waals surface area contributed by atoms with Crippen LogP contribution in [0.2, 0.25) is 0 Å². The number of carbonyl (C=O) groups excluding carboxylic acids is 2. The first-order valence-electron chi connectivity index (χ1n) is 16.4. The van der Waals surface area contributed by atoms with Crippen LogP contribution in [-0.2, 0) is 17.6 Å². The summed E-state index contributed by atoms with van der Waals surface area (Å²) in [7, 11) is 0. The quantitative estimate of drug-likeness (QED) is 0.192. The average molecular weight is 629 g/mol. The zero-order chi connectivity index (χ0) is 32.8. The van der Waals surface area contributed by atoms with Gasteiger partial charge in [0.25, 0.3) is 5.91 Å². The van der Waals surface area contributed by atoms with Crippen LogP contribution in [-0.4, -0.2) is 76.6 Å². The summed E-state index contributed by atoms with van der Waals surface area (Å²) >= 11 is 0. The first-order chi connectivity index (χ1) is 22.0. The van der Waals surface area contributed by atoms with Crippen molar-refractivity contribution in [2.24, 2.45) is 17.3 Å². The summed E-state index contributed by atoms with van der Waals surface area (Å²) in [6.45, 7) is 7.68. The van der Waals surface area contributed by atoms with Gasteiger partial charge in [0, 0.05) is 49.5 Å². The largest absolute Gasteiger partial charge is 0.507 e. The van der Waals surface area contributed by atoms with Crippen LogP contribution in [0, 0.1) is 17.3 Å². The highest BCUT2D eigenvalue weighted by Crippen LogP contribution is 2.43. The zero-order valence-corrected chi connectivity index (χ0v) is 27.0. The third-order valence-corrected chi connectivity index (χ3v) is 9.41. The number of aromatic hydroxyl groups is 1. The predicted molar refractivity (Wildman–Crippen MR) is 178 cm³/mol. The number of piperazine rings is 1. The van der Waals surface area contributed by atoms with Crippen molar-refractivity contribution in [2.45, 2.75) is 64.2 Å². The van der Waals surface area contributed by atoms with Gasteiger partial charge in [-0.3, -0.25) is 15.0 Å². The molecule has 0 radical (unpaired) electrons. The van der Waals surface area contributed by atoms with Crippen LogP contribution < -0.4 is 16.1 Å². The van der Waals surface area contributed by atoms with Crippen molar-refractivity contribution in [3.63, 3.8) is 0 Å². The van der Waals surface area contributed by atoms with Gasteiger partial charge in [-0.25, -0.2) is 5.01 Å². The molecule has 1 heterocycles. The van der Waals surface area contributed by atoms with Gasteiger partial charge in [-0.05, 0) is 54.0 Å². The van der Waals surface area contributed by atoms with Gasteiger partial charge in [-0.15, -0.1) is 0 Å². The molecule has 1 aliphatic heterocycles. The Labute approximate surface area is 272 Å². The van der Waals surface area contributed by atoms with Crippen LogP contribution in [0.4, 0.5) is 0 Å². The monoisotopic (exact) mass is 628 g/mol. The number of phenols is 1. The third kappa shape index (κ3) is 7.96. The molecule has 1 aliphatic carbocycles. The Morgan fingerprint density at radius 3 is 2.43 bits per heavy atom. The molecule has 2 aliphatic rings. The molecule has 0 aromatic heterocycles. The van der Waals surface area contributed by atoms with Gasteiger partial charge < -0.3 is 26.0 Å². The molecular weight excluding hydrogens is 580 g/mol. The standard InChI is InChI=1S/C37H48N4O5/c1-37(2,3)36(46)40-41-18-17-38-23-29(41)34(33-27-14-8-7-13-26(27)21-32(33)44)31(43)20-25(19-24-11-5-4-6-12-24)22-39-35(45)28-15-9-10-16-30(28)42/h4-16,25,29,31-34,38,42-44H,17-23H2,1-3H3,(H,39,45)(H,40,46)/t25?,29-,31?,32+,33+,34?/m1/s1. The van der Waals surface area contributed by atoms with E-state index < -0.39 is 23.5 Å². The minimum absolute atomic E-state index is 0.0872. The number of nitrogens with zero attached hydrogens (tertiary/aromatic N) is 1. The summed E-state index contributed by atoms with van der Waals surface area (Å²) in [5, 5.41) is 42.5. The van der Waals surface area contributed by atoms with E-state index in [2.05, 4.69) is 16.1 Å². The maximum atomic E-state index is 13.2. The molecular formula is C37H48N4O5. The lowest BCUT2D eigenvalue weighted by molar-refractivity contribution is -0.137. The van der Waals surface area contributed by atoms with Crippen LogP contribution in [0.25, 0.3) is 0 Å². The lowest BCUT2D eigenvalue weighted by Crippen LogP contribution is -2.64. The Balaban J connectivity index is 1.45. The number of aliphatic hydroxyl groups is 2. The molecule has 1 saturated heterocycles. The topological polar surface area (TPSA) is 134 Å². The van der Waals surface area contributed by atoms with Crippen molar-refractivity contribution in [3.05, 3.63) is 101 Å². The normalized spacial score (nSPS) is 22.0. The highest BCUT2D eigenvalue weighted by molar-refractivity contribution is 5.96. The number of fused-ring (bicyclic) bond motifs is 1. The molecule has 0 bridgehead atoms. The van der Waals surface area contributed by atoms with Gasteiger partial charge >= 0.3 is 0 Å². The van der Waals surface area contributed by atoms with E-state index in [4.69, 9.17) is 0 Å². The van der Waals surface area contributed by atoms with Crippen LogP contribution in [0.5, 0.6) is 5.75 Å². The smallest absolute Gasteiger partial charge is 0.255 e. The second-order valence-electron chi connectivity index (χ2n) is 13.8. The summed E-state index contributed by atoms with van der Waals surface area (Å²) in [5.74, 6) is -1.51. The molecule has 0 spiro atoms. The van der Waals surface area contributed by atoms with Crippen molar-refractivity contribution in [3.8, 4) is 5.75 Å². The number of nitrogens with one attached hydrogen (secondary N) is 3. The summed E-state index contributed by atoms with van der Waals surface area (Å²) in [6, 6.07) is 24.1. The maximum absolute atomic E-state index is 13.2. The molecule has 1 fully saturated rings. The molecule has 0 saturated carbocycles. The minimum Gasteiger partial charge on any atom is -0.507 e. The number of phenolic OH excluding ortho intramolecular Hbond substituents is 1. The van der Waals surface area contributed by atoms with Gasteiger partial charge in [0.1, 0.15) is 5.75 Å². The number of hydrogen-bond acceptors (Lipinski definition) is 7. The summed E-state index contributed by atoms with van der Waals surface area (Å²) < 4.78 is 0. The summed E-state index contributed by atoms with van der Waals surface area (Å²) in [5.41, 5.74) is 5.92. The molecule has 2 amide bonds. The number of hydrazine groups is 1. The zero-order valence-electron chi connectivity index (χ0n) is 27.0.